The van der Waals surface area contributed by atoms with E-state index < -0.39 is 0 Å². The van der Waals surface area contributed by atoms with Gasteiger partial charge >= 0.3 is 0 Å². The maximum atomic E-state index is 8.83. The Bertz CT molecular complexity index is 705. The summed E-state index contributed by atoms with van der Waals surface area (Å²) in [6.07, 6.45) is 0.700. The third-order valence-electron chi connectivity index (χ3n) is 3.63. The molecule has 0 radical (unpaired) electrons. The number of rotatable bonds is 10. The lowest BCUT2D eigenvalue weighted by atomic mass is 10.2. The summed E-state index contributed by atoms with van der Waals surface area (Å²) >= 11 is 18.8. The van der Waals surface area contributed by atoms with Gasteiger partial charge in [0.05, 0.1) is 11.6 Å². The molecule has 0 aliphatic heterocycles. The first-order valence-electron chi connectivity index (χ1n) is 8.39. The first kappa shape index (κ1) is 21.1. The smallest absolute Gasteiger partial charge is 0.180 e. The van der Waals surface area contributed by atoms with E-state index in [2.05, 4.69) is 5.32 Å². The Kier molecular flexibility index (Phi) is 8.82. The van der Waals surface area contributed by atoms with Gasteiger partial charge in [-0.15, -0.1) is 0 Å². The van der Waals surface area contributed by atoms with Crippen molar-refractivity contribution in [2.75, 3.05) is 19.8 Å². The third-order valence-corrected chi connectivity index (χ3v) is 4.62. The molecule has 0 saturated heterocycles. The molecule has 0 aromatic heterocycles. The molecule has 0 aliphatic carbocycles. The molecule has 0 amide bonds. The molecule has 4 nitrogen and oxygen atoms in total. The summed E-state index contributed by atoms with van der Waals surface area (Å²) in [6.45, 7) is 4.08. The van der Waals surface area contributed by atoms with Gasteiger partial charge in [-0.3, -0.25) is 0 Å². The SMILES string of the molecule is CCOc1cc(CNCCCO)cc(Cl)c1OCc1c(Cl)cccc1Cl. The second kappa shape index (κ2) is 10.9. The predicted octanol–water partition coefficient (Wildman–Crippen LogP) is 5.10. The molecule has 2 N–H and O–H groups in total. The monoisotopic (exact) mass is 417 g/mol. The molecule has 0 fully saturated rings. The third kappa shape index (κ3) is 5.93. The Hall–Kier alpha value is -1.17. The van der Waals surface area contributed by atoms with Crippen molar-refractivity contribution in [3.8, 4) is 11.5 Å². The Morgan fingerprint density at radius 2 is 1.77 bits per heavy atom. The Balaban J connectivity index is 2.16. The lowest BCUT2D eigenvalue weighted by molar-refractivity contribution is 0.269. The molecule has 7 heteroatoms. The van der Waals surface area contributed by atoms with E-state index in [0.717, 1.165) is 12.1 Å². The lowest BCUT2D eigenvalue weighted by Crippen LogP contribution is -2.15. The van der Waals surface area contributed by atoms with Crippen molar-refractivity contribution in [2.45, 2.75) is 26.5 Å². The van der Waals surface area contributed by atoms with Crippen LogP contribution in [-0.4, -0.2) is 24.9 Å². The molecule has 0 saturated carbocycles. The molecule has 0 bridgehead atoms. The summed E-state index contributed by atoms with van der Waals surface area (Å²) in [4.78, 5) is 0. The average molecular weight is 419 g/mol. The first-order valence-corrected chi connectivity index (χ1v) is 9.52. The van der Waals surface area contributed by atoms with Gasteiger partial charge in [0.15, 0.2) is 11.5 Å². The van der Waals surface area contributed by atoms with E-state index >= 15 is 0 Å². The van der Waals surface area contributed by atoms with Gasteiger partial charge in [-0.2, -0.15) is 0 Å². The standard InChI is InChI=1S/C19H22Cl3NO3/c1-2-25-18-10-13(11-23-7-4-8-24)9-17(22)19(18)26-12-14-15(20)5-3-6-16(14)21/h3,5-6,9-10,23-24H,2,4,7-8,11-12H2,1H3. The molecule has 0 aliphatic rings. The highest BCUT2D eigenvalue weighted by Crippen LogP contribution is 2.38. The molecule has 2 aromatic carbocycles. The highest BCUT2D eigenvalue weighted by Gasteiger charge is 2.15. The van der Waals surface area contributed by atoms with Crippen molar-refractivity contribution >= 4 is 34.8 Å². The second-order valence-electron chi connectivity index (χ2n) is 5.58. The van der Waals surface area contributed by atoms with E-state index in [1.54, 1.807) is 18.2 Å². The van der Waals surface area contributed by atoms with Crippen molar-refractivity contribution < 1.29 is 14.6 Å². The van der Waals surface area contributed by atoms with Gasteiger partial charge in [-0.25, -0.2) is 0 Å². The van der Waals surface area contributed by atoms with E-state index in [0.29, 0.717) is 51.7 Å². The Labute approximate surface area is 169 Å². The number of halogens is 3. The molecule has 142 valence electrons. The molecule has 0 unspecified atom stereocenters. The van der Waals surface area contributed by atoms with E-state index in [-0.39, 0.29) is 13.2 Å². The van der Waals surface area contributed by atoms with Gasteiger partial charge in [0.1, 0.15) is 6.61 Å². The van der Waals surface area contributed by atoms with Crippen molar-refractivity contribution in [3.05, 3.63) is 56.5 Å². The van der Waals surface area contributed by atoms with Gasteiger partial charge in [0.25, 0.3) is 0 Å². The van der Waals surface area contributed by atoms with Crippen LogP contribution < -0.4 is 14.8 Å². The number of aliphatic hydroxyl groups excluding tert-OH is 1. The number of benzene rings is 2. The lowest BCUT2D eigenvalue weighted by Gasteiger charge is -2.16. The molecule has 0 atom stereocenters. The van der Waals surface area contributed by atoms with Crippen LogP contribution in [0, 0.1) is 0 Å². The molecule has 2 rings (SSSR count). The Morgan fingerprint density at radius 3 is 2.42 bits per heavy atom. The van der Waals surface area contributed by atoms with E-state index in [4.69, 9.17) is 49.4 Å². The number of nitrogens with one attached hydrogen (secondary N) is 1. The van der Waals surface area contributed by atoms with Crippen LogP contribution in [-0.2, 0) is 13.2 Å². The average Bonchev–Trinajstić information content (AvgIpc) is 2.60. The summed E-state index contributed by atoms with van der Waals surface area (Å²) in [5.41, 5.74) is 1.67. The summed E-state index contributed by atoms with van der Waals surface area (Å²) < 4.78 is 11.6. The highest BCUT2D eigenvalue weighted by molar-refractivity contribution is 6.36. The fourth-order valence-electron chi connectivity index (χ4n) is 2.38. The van der Waals surface area contributed by atoms with E-state index in [1.165, 1.54) is 0 Å². The van der Waals surface area contributed by atoms with Crippen LogP contribution in [0.5, 0.6) is 11.5 Å². The fraction of sp³-hybridized carbons (Fsp3) is 0.368. The molecule has 0 heterocycles. The minimum atomic E-state index is 0.162. The topological polar surface area (TPSA) is 50.7 Å². The van der Waals surface area contributed by atoms with Crippen LogP contribution in [0.1, 0.15) is 24.5 Å². The zero-order valence-corrected chi connectivity index (χ0v) is 16.8. The Morgan fingerprint density at radius 1 is 1.04 bits per heavy atom. The highest BCUT2D eigenvalue weighted by atomic mass is 35.5. The zero-order chi connectivity index (χ0) is 18.9. The number of hydrogen-bond acceptors (Lipinski definition) is 4. The van der Waals surface area contributed by atoms with Crippen LogP contribution >= 0.6 is 34.8 Å². The maximum Gasteiger partial charge on any atom is 0.180 e. The normalized spacial score (nSPS) is 10.8. The van der Waals surface area contributed by atoms with Crippen molar-refractivity contribution in [2.24, 2.45) is 0 Å². The molecular formula is C19H22Cl3NO3. The quantitative estimate of drug-likeness (QED) is 0.527. The minimum Gasteiger partial charge on any atom is -0.490 e. The van der Waals surface area contributed by atoms with Gasteiger partial charge in [0, 0.05) is 28.8 Å². The molecular weight excluding hydrogens is 397 g/mol. The summed E-state index contributed by atoms with van der Waals surface area (Å²) in [7, 11) is 0. The number of ether oxygens (including phenoxy) is 2. The van der Waals surface area contributed by atoms with Crippen molar-refractivity contribution in [3.63, 3.8) is 0 Å². The van der Waals surface area contributed by atoms with Crippen LogP contribution in [0.25, 0.3) is 0 Å². The predicted molar refractivity (Wildman–Crippen MR) is 107 cm³/mol. The largest absolute Gasteiger partial charge is 0.490 e. The molecule has 26 heavy (non-hydrogen) atoms. The summed E-state index contributed by atoms with van der Waals surface area (Å²) in [6, 6.07) is 9.03. The minimum absolute atomic E-state index is 0.162. The zero-order valence-electron chi connectivity index (χ0n) is 14.5. The first-order chi connectivity index (χ1) is 12.6. The van der Waals surface area contributed by atoms with Gasteiger partial charge < -0.3 is 19.9 Å². The summed E-state index contributed by atoms with van der Waals surface area (Å²) in [5, 5.41) is 13.6. The van der Waals surface area contributed by atoms with Gasteiger partial charge in [-0.1, -0.05) is 40.9 Å². The van der Waals surface area contributed by atoms with Crippen molar-refractivity contribution in [1.29, 1.82) is 0 Å². The van der Waals surface area contributed by atoms with E-state index in [9.17, 15) is 0 Å². The van der Waals surface area contributed by atoms with Crippen LogP contribution in [0.4, 0.5) is 0 Å². The number of hydrogen-bond donors (Lipinski definition) is 2. The number of aliphatic hydroxyl groups is 1. The van der Waals surface area contributed by atoms with Crippen LogP contribution in [0.15, 0.2) is 30.3 Å². The fourth-order valence-corrected chi connectivity index (χ4v) is 3.17. The second-order valence-corrected chi connectivity index (χ2v) is 6.80. The van der Waals surface area contributed by atoms with E-state index in [1.807, 2.05) is 19.1 Å². The maximum absolute atomic E-state index is 8.83. The van der Waals surface area contributed by atoms with Gasteiger partial charge in [0.2, 0.25) is 0 Å². The molecule has 0 spiro atoms. The van der Waals surface area contributed by atoms with Crippen LogP contribution in [0.3, 0.4) is 0 Å². The van der Waals surface area contributed by atoms with Crippen LogP contribution in [0.2, 0.25) is 15.1 Å². The van der Waals surface area contributed by atoms with Gasteiger partial charge in [-0.05, 0) is 49.7 Å². The van der Waals surface area contributed by atoms with Crippen molar-refractivity contribution in [1.82, 2.24) is 5.32 Å². The molecule has 2 aromatic rings. The summed E-state index contributed by atoms with van der Waals surface area (Å²) in [5.74, 6) is 1.03.